The van der Waals surface area contributed by atoms with E-state index in [2.05, 4.69) is 5.32 Å². The van der Waals surface area contributed by atoms with Gasteiger partial charge in [-0.2, -0.15) is 0 Å². The van der Waals surface area contributed by atoms with Crippen LogP contribution in [0.4, 0.5) is 0 Å². The molecule has 0 fully saturated rings. The molecule has 0 heterocycles. The maximum atomic E-state index is 11.2. The fraction of sp³-hybridized carbons (Fsp3) is 0.750. The van der Waals surface area contributed by atoms with E-state index in [-0.39, 0.29) is 5.91 Å². The zero-order chi connectivity index (χ0) is 19.5. The van der Waals surface area contributed by atoms with Crippen LogP contribution in [0.2, 0.25) is 0 Å². The Hall–Kier alpha value is -1.85. The van der Waals surface area contributed by atoms with Crippen molar-refractivity contribution in [1.29, 1.82) is 0 Å². The van der Waals surface area contributed by atoms with Crippen LogP contribution in [0.5, 0.6) is 0 Å². The lowest BCUT2D eigenvalue weighted by atomic mass is 10.0. The van der Waals surface area contributed by atoms with Crippen molar-refractivity contribution in [3.8, 4) is 0 Å². The molecule has 0 aliphatic carbocycles. The molecule has 0 aliphatic rings. The molecule has 0 unspecified atom stereocenters. The second kappa shape index (κ2) is 18.0. The summed E-state index contributed by atoms with van der Waals surface area (Å²) in [4.78, 5) is 31.8. The summed E-state index contributed by atoms with van der Waals surface area (Å²) in [7, 11) is 0. The monoisotopic (exact) mass is 369 g/mol. The van der Waals surface area contributed by atoms with Gasteiger partial charge in [0.05, 0.1) is 0 Å². The predicted octanol–water partition coefficient (Wildman–Crippen LogP) is 4.29. The standard InChI is InChI=1S/C20H35NO5/c22-18(15-16-20(25)26)21-17-13-11-9-7-5-3-1-2-4-6-8-10-12-14-19(23)24/h15-16H,1-14,17H2,(H,21,22)(H,23,24)(H,25,26)/b16-15-. The van der Waals surface area contributed by atoms with Crippen molar-refractivity contribution in [1.82, 2.24) is 5.32 Å². The largest absolute Gasteiger partial charge is 0.481 e. The van der Waals surface area contributed by atoms with Crippen LogP contribution in [0.25, 0.3) is 0 Å². The molecular weight excluding hydrogens is 334 g/mol. The molecule has 26 heavy (non-hydrogen) atoms. The Labute approximate surface area is 157 Å². The third-order valence-electron chi connectivity index (χ3n) is 4.24. The number of hydrogen-bond donors (Lipinski definition) is 3. The van der Waals surface area contributed by atoms with Crippen molar-refractivity contribution in [2.45, 2.75) is 89.9 Å². The molecule has 0 rings (SSSR count). The number of amides is 1. The molecule has 0 aromatic heterocycles. The van der Waals surface area contributed by atoms with Gasteiger partial charge in [0.25, 0.3) is 0 Å². The fourth-order valence-corrected chi connectivity index (χ4v) is 2.76. The van der Waals surface area contributed by atoms with E-state index in [0.29, 0.717) is 13.0 Å². The Morgan fingerprint density at radius 3 is 1.46 bits per heavy atom. The Kier molecular flexibility index (Phi) is 16.7. The van der Waals surface area contributed by atoms with Gasteiger partial charge in [0.1, 0.15) is 0 Å². The fourth-order valence-electron chi connectivity index (χ4n) is 2.76. The van der Waals surface area contributed by atoms with Gasteiger partial charge in [-0.25, -0.2) is 4.79 Å². The summed E-state index contributed by atoms with van der Waals surface area (Å²) in [6, 6.07) is 0. The van der Waals surface area contributed by atoms with Crippen molar-refractivity contribution >= 4 is 17.8 Å². The van der Waals surface area contributed by atoms with E-state index >= 15 is 0 Å². The second-order valence-electron chi connectivity index (χ2n) is 6.70. The molecule has 6 nitrogen and oxygen atoms in total. The van der Waals surface area contributed by atoms with Crippen molar-refractivity contribution in [2.24, 2.45) is 0 Å². The third-order valence-corrected chi connectivity index (χ3v) is 4.24. The average molecular weight is 370 g/mol. The summed E-state index contributed by atoms with van der Waals surface area (Å²) in [5, 5.41) is 19.6. The maximum absolute atomic E-state index is 11.2. The molecule has 0 radical (unpaired) electrons. The van der Waals surface area contributed by atoms with E-state index in [1.807, 2.05) is 0 Å². The lowest BCUT2D eigenvalue weighted by molar-refractivity contribution is -0.137. The van der Waals surface area contributed by atoms with Crippen LogP contribution in [0.3, 0.4) is 0 Å². The third kappa shape index (κ3) is 20.2. The van der Waals surface area contributed by atoms with Crippen LogP contribution in [0.1, 0.15) is 89.9 Å². The zero-order valence-corrected chi connectivity index (χ0v) is 15.9. The molecule has 0 aliphatic heterocycles. The summed E-state index contributed by atoms with van der Waals surface area (Å²) in [6.07, 6.45) is 17.1. The number of carboxylic acids is 2. The van der Waals surface area contributed by atoms with Gasteiger partial charge in [-0.3, -0.25) is 9.59 Å². The van der Waals surface area contributed by atoms with Gasteiger partial charge in [-0.05, 0) is 12.8 Å². The van der Waals surface area contributed by atoms with E-state index in [1.54, 1.807) is 0 Å². The van der Waals surface area contributed by atoms with Gasteiger partial charge in [0.15, 0.2) is 0 Å². The second-order valence-corrected chi connectivity index (χ2v) is 6.70. The molecule has 0 spiro atoms. The van der Waals surface area contributed by atoms with Gasteiger partial charge in [-0.1, -0.05) is 70.6 Å². The number of carbonyl (C=O) groups is 3. The molecule has 0 atom stereocenters. The van der Waals surface area contributed by atoms with Crippen molar-refractivity contribution in [2.75, 3.05) is 6.54 Å². The first-order valence-electron chi connectivity index (χ1n) is 9.93. The molecule has 150 valence electrons. The minimum Gasteiger partial charge on any atom is -0.481 e. The summed E-state index contributed by atoms with van der Waals surface area (Å²) in [5.41, 5.74) is 0. The lowest BCUT2D eigenvalue weighted by Gasteiger charge is -2.04. The van der Waals surface area contributed by atoms with E-state index in [4.69, 9.17) is 10.2 Å². The summed E-state index contributed by atoms with van der Waals surface area (Å²) in [5.74, 6) is -2.16. The van der Waals surface area contributed by atoms with Gasteiger partial charge in [0, 0.05) is 25.1 Å². The first kappa shape index (κ1) is 24.1. The topological polar surface area (TPSA) is 104 Å². The van der Waals surface area contributed by atoms with Gasteiger partial charge >= 0.3 is 11.9 Å². The Balaban J connectivity index is 3.17. The van der Waals surface area contributed by atoms with Crippen molar-refractivity contribution in [3.63, 3.8) is 0 Å². The summed E-state index contributed by atoms with van der Waals surface area (Å²) >= 11 is 0. The number of rotatable bonds is 18. The smallest absolute Gasteiger partial charge is 0.328 e. The molecule has 0 aromatic carbocycles. The molecular formula is C20H35NO5. The molecule has 0 saturated carbocycles. The number of aliphatic carboxylic acids is 2. The quantitative estimate of drug-likeness (QED) is 0.247. The van der Waals surface area contributed by atoms with E-state index in [9.17, 15) is 14.4 Å². The van der Waals surface area contributed by atoms with E-state index < -0.39 is 11.9 Å². The SMILES string of the molecule is O=C(O)/C=C\C(=O)NCCCCCCCCCCCCCCCC(=O)O. The van der Waals surface area contributed by atoms with E-state index in [1.165, 1.54) is 51.4 Å². The van der Waals surface area contributed by atoms with Crippen LogP contribution in [0.15, 0.2) is 12.2 Å². The highest BCUT2D eigenvalue weighted by molar-refractivity contribution is 5.93. The predicted molar refractivity (Wildman–Crippen MR) is 102 cm³/mol. The molecule has 6 heteroatoms. The molecule has 1 amide bonds. The molecule has 3 N–H and O–H groups in total. The maximum Gasteiger partial charge on any atom is 0.328 e. The molecule has 0 aromatic rings. The van der Waals surface area contributed by atoms with Crippen molar-refractivity contribution in [3.05, 3.63) is 12.2 Å². The number of nitrogens with one attached hydrogen (secondary N) is 1. The Morgan fingerprint density at radius 2 is 1.04 bits per heavy atom. The van der Waals surface area contributed by atoms with Crippen LogP contribution in [0, 0.1) is 0 Å². The summed E-state index contributed by atoms with van der Waals surface area (Å²) in [6.45, 7) is 0.593. The van der Waals surface area contributed by atoms with Crippen molar-refractivity contribution < 1.29 is 24.6 Å². The normalized spacial score (nSPS) is 10.9. The highest BCUT2D eigenvalue weighted by Gasteiger charge is 1.98. The van der Waals surface area contributed by atoms with Crippen LogP contribution >= 0.6 is 0 Å². The van der Waals surface area contributed by atoms with E-state index in [0.717, 1.165) is 44.3 Å². The van der Waals surface area contributed by atoms with Gasteiger partial charge in [-0.15, -0.1) is 0 Å². The molecule has 0 bridgehead atoms. The number of carbonyl (C=O) groups excluding carboxylic acids is 1. The minimum absolute atomic E-state index is 0.300. The highest BCUT2D eigenvalue weighted by atomic mass is 16.4. The number of unbranched alkanes of at least 4 members (excludes halogenated alkanes) is 12. The lowest BCUT2D eigenvalue weighted by Crippen LogP contribution is -2.22. The Bertz CT molecular complexity index is 420. The highest BCUT2D eigenvalue weighted by Crippen LogP contribution is 2.12. The summed E-state index contributed by atoms with van der Waals surface area (Å²) < 4.78 is 0. The Morgan fingerprint density at radius 1 is 0.615 bits per heavy atom. The zero-order valence-electron chi connectivity index (χ0n) is 15.9. The first-order valence-corrected chi connectivity index (χ1v) is 9.93. The van der Waals surface area contributed by atoms with Crippen LogP contribution in [-0.4, -0.2) is 34.6 Å². The van der Waals surface area contributed by atoms with Gasteiger partial charge in [0.2, 0.25) is 5.91 Å². The average Bonchev–Trinajstić information content (AvgIpc) is 2.59. The first-order chi connectivity index (χ1) is 12.5. The minimum atomic E-state index is -1.11. The van der Waals surface area contributed by atoms with Crippen LogP contribution in [-0.2, 0) is 14.4 Å². The molecule has 0 saturated heterocycles. The van der Waals surface area contributed by atoms with Crippen LogP contribution < -0.4 is 5.32 Å². The number of carboxylic acid groups (broad SMARTS) is 2. The van der Waals surface area contributed by atoms with Gasteiger partial charge < -0.3 is 15.5 Å². The number of hydrogen-bond acceptors (Lipinski definition) is 3.